The van der Waals surface area contributed by atoms with Crippen molar-refractivity contribution in [1.82, 2.24) is 21.9 Å². The van der Waals surface area contributed by atoms with Gasteiger partial charge < -0.3 is 9.47 Å². The van der Waals surface area contributed by atoms with Gasteiger partial charge in [-0.15, -0.1) is 0 Å². The van der Waals surface area contributed by atoms with E-state index in [9.17, 15) is 4.79 Å². The summed E-state index contributed by atoms with van der Waals surface area (Å²) < 4.78 is 9.96. The fourth-order valence-corrected chi connectivity index (χ4v) is 2.03. The molecule has 104 valence electrons. The lowest BCUT2D eigenvalue weighted by molar-refractivity contribution is -0.141. The van der Waals surface area contributed by atoms with Crippen molar-refractivity contribution in [3.05, 3.63) is 29.8 Å². The summed E-state index contributed by atoms with van der Waals surface area (Å²) in [6.45, 7) is 0. The van der Waals surface area contributed by atoms with Gasteiger partial charge in [-0.05, 0) is 17.7 Å². The van der Waals surface area contributed by atoms with E-state index in [4.69, 9.17) is 9.47 Å². The van der Waals surface area contributed by atoms with Crippen LogP contribution in [0, 0.1) is 0 Å². The lowest BCUT2D eigenvalue weighted by Crippen LogP contribution is -2.40. The number of carbonyl (C=O) groups excluding carboxylic acids is 1. The predicted molar refractivity (Wildman–Crippen MR) is 68.7 cm³/mol. The summed E-state index contributed by atoms with van der Waals surface area (Å²) in [5, 5.41) is 0. The Morgan fingerprint density at radius 3 is 2.68 bits per heavy atom. The number of methoxy groups -OCH3 is 2. The Kier molecular flexibility index (Phi) is 4.69. The smallest absolute Gasteiger partial charge is 0.306 e. The van der Waals surface area contributed by atoms with E-state index >= 15 is 0 Å². The van der Waals surface area contributed by atoms with Crippen LogP contribution in [0.5, 0.6) is 5.75 Å². The first-order valence-corrected chi connectivity index (χ1v) is 5.96. The molecule has 4 N–H and O–H groups in total. The van der Waals surface area contributed by atoms with Crippen molar-refractivity contribution in [3.8, 4) is 5.75 Å². The third-order valence-corrected chi connectivity index (χ3v) is 3.06. The quantitative estimate of drug-likeness (QED) is 0.549. The van der Waals surface area contributed by atoms with Crippen LogP contribution in [0.4, 0.5) is 0 Å². The summed E-state index contributed by atoms with van der Waals surface area (Å²) in [5.41, 5.74) is 12.5. The summed E-state index contributed by atoms with van der Waals surface area (Å²) in [6, 6.07) is 7.63. The molecule has 19 heavy (non-hydrogen) atoms. The molecule has 1 saturated heterocycles. The van der Waals surface area contributed by atoms with Gasteiger partial charge in [0.2, 0.25) is 0 Å². The van der Waals surface area contributed by atoms with Crippen molar-refractivity contribution >= 4 is 5.97 Å². The van der Waals surface area contributed by atoms with Gasteiger partial charge in [0.05, 0.1) is 26.8 Å². The van der Waals surface area contributed by atoms with Crippen LogP contribution in [-0.2, 0) is 9.53 Å². The first-order valence-electron chi connectivity index (χ1n) is 5.96. The van der Waals surface area contributed by atoms with E-state index in [1.807, 2.05) is 24.3 Å². The SMILES string of the molecule is COC(=O)CC(c1cccc(OC)c1)C1NNNN1. The van der Waals surface area contributed by atoms with Crippen molar-refractivity contribution < 1.29 is 14.3 Å². The normalized spacial score (nSPS) is 17.2. The number of ether oxygens (including phenoxy) is 2. The largest absolute Gasteiger partial charge is 0.497 e. The monoisotopic (exact) mass is 266 g/mol. The van der Waals surface area contributed by atoms with E-state index in [1.165, 1.54) is 7.11 Å². The zero-order valence-electron chi connectivity index (χ0n) is 10.9. The number of benzene rings is 1. The van der Waals surface area contributed by atoms with Crippen molar-refractivity contribution in [3.63, 3.8) is 0 Å². The molecule has 0 amide bonds. The molecule has 7 heteroatoms. The van der Waals surface area contributed by atoms with Gasteiger partial charge >= 0.3 is 5.97 Å². The molecule has 1 aromatic rings. The average Bonchev–Trinajstić information content (AvgIpc) is 2.98. The van der Waals surface area contributed by atoms with Crippen LogP contribution >= 0.6 is 0 Å². The van der Waals surface area contributed by atoms with Gasteiger partial charge in [-0.25, -0.2) is 10.9 Å². The Morgan fingerprint density at radius 2 is 2.05 bits per heavy atom. The molecule has 0 radical (unpaired) electrons. The van der Waals surface area contributed by atoms with E-state index in [2.05, 4.69) is 21.9 Å². The highest BCUT2D eigenvalue weighted by Crippen LogP contribution is 2.26. The highest BCUT2D eigenvalue weighted by molar-refractivity contribution is 5.70. The zero-order chi connectivity index (χ0) is 13.7. The van der Waals surface area contributed by atoms with Crippen molar-refractivity contribution in [2.24, 2.45) is 0 Å². The van der Waals surface area contributed by atoms with Gasteiger partial charge in [0.1, 0.15) is 5.75 Å². The maximum Gasteiger partial charge on any atom is 0.306 e. The number of hydrogen-bond donors (Lipinski definition) is 4. The summed E-state index contributed by atoms with van der Waals surface area (Å²) >= 11 is 0. The molecular weight excluding hydrogens is 248 g/mol. The van der Waals surface area contributed by atoms with Gasteiger partial charge in [-0.3, -0.25) is 4.79 Å². The Hall–Kier alpha value is -1.67. The average molecular weight is 266 g/mol. The minimum Gasteiger partial charge on any atom is -0.497 e. The van der Waals surface area contributed by atoms with E-state index in [-0.39, 0.29) is 24.5 Å². The van der Waals surface area contributed by atoms with Crippen LogP contribution in [0.1, 0.15) is 17.9 Å². The van der Waals surface area contributed by atoms with E-state index in [0.717, 1.165) is 11.3 Å². The highest BCUT2D eigenvalue weighted by Gasteiger charge is 2.28. The Bertz CT molecular complexity index is 435. The fraction of sp³-hybridized carbons (Fsp3) is 0.417. The second kappa shape index (κ2) is 6.48. The van der Waals surface area contributed by atoms with Crippen LogP contribution in [0.2, 0.25) is 0 Å². The van der Waals surface area contributed by atoms with Crippen LogP contribution in [0.15, 0.2) is 24.3 Å². The van der Waals surface area contributed by atoms with Gasteiger partial charge in [0.25, 0.3) is 0 Å². The summed E-state index contributed by atoms with van der Waals surface area (Å²) in [5.74, 6) is 0.402. The Morgan fingerprint density at radius 1 is 1.32 bits per heavy atom. The van der Waals surface area contributed by atoms with Crippen LogP contribution in [0.3, 0.4) is 0 Å². The lowest BCUT2D eigenvalue weighted by Gasteiger charge is -2.22. The summed E-state index contributed by atoms with van der Waals surface area (Å²) in [4.78, 5) is 11.6. The number of hydrogen-bond acceptors (Lipinski definition) is 7. The second-order valence-electron chi connectivity index (χ2n) is 4.18. The zero-order valence-corrected chi connectivity index (χ0v) is 10.9. The van der Waals surface area contributed by atoms with Gasteiger partial charge in [-0.2, -0.15) is 11.1 Å². The Labute approximate surface area is 111 Å². The third-order valence-electron chi connectivity index (χ3n) is 3.06. The molecule has 0 aromatic heterocycles. The number of nitrogens with one attached hydrogen (secondary N) is 4. The van der Waals surface area contributed by atoms with Crippen molar-refractivity contribution in [2.45, 2.75) is 18.5 Å². The molecule has 1 aliphatic heterocycles. The Balaban J connectivity index is 2.21. The summed E-state index contributed by atoms with van der Waals surface area (Å²) in [7, 11) is 3.00. The van der Waals surface area contributed by atoms with Crippen LogP contribution in [0.25, 0.3) is 0 Å². The molecule has 0 aliphatic carbocycles. The molecule has 1 fully saturated rings. The lowest BCUT2D eigenvalue weighted by atomic mass is 9.93. The second-order valence-corrected chi connectivity index (χ2v) is 4.18. The molecular formula is C12H18N4O3. The minimum atomic E-state index is -0.261. The number of esters is 1. The van der Waals surface area contributed by atoms with Crippen LogP contribution < -0.4 is 26.7 Å². The highest BCUT2D eigenvalue weighted by atomic mass is 16.5. The first kappa shape index (κ1) is 13.8. The van der Waals surface area contributed by atoms with Gasteiger partial charge in [0.15, 0.2) is 0 Å². The third kappa shape index (κ3) is 3.42. The molecule has 1 aliphatic rings. The molecule has 1 atom stereocenters. The van der Waals surface area contributed by atoms with Gasteiger partial charge in [-0.1, -0.05) is 12.1 Å². The topological polar surface area (TPSA) is 83.7 Å². The molecule has 2 rings (SSSR count). The van der Waals surface area contributed by atoms with Crippen LogP contribution in [-0.4, -0.2) is 26.4 Å². The molecule has 0 spiro atoms. The number of rotatable bonds is 5. The molecule has 0 bridgehead atoms. The first-order chi connectivity index (χ1) is 9.24. The van der Waals surface area contributed by atoms with E-state index in [1.54, 1.807) is 7.11 Å². The molecule has 7 nitrogen and oxygen atoms in total. The minimum absolute atomic E-state index is 0.0925. The molecule has 1 heterocycles. The van der Waals surface area contributed by atoms with Gasteiger partial charge in [0, 0.05) is 5.92 Å². The van der Waals surface area contributed by atoms with Crippen molar-refractivity contribution in [1.29, 1.82) is 0 Å². The number of hydrazine groups is 3. The standard InChI is InChI=1S/C12H18N4O3/c1-18-9-5-3-4-8(6-9)10(7-11(17)19-2)12-13-15-16-14-12/h3-6,10,12-16H,7H2,1-2H3. The number of carbonyl (C=O) groups is 1. The van der Waals surface area contributed by atoms with E-state index < -0.39 is 0 Å². The fourth-order valence-electron chi connectivity index (χ4n) is 2.03. The van der Waals surface area contributed by atoms with Crippen molar-refractivity contribution in [2.75, 3.05) is 14.2 Å². The maximum atomic E-state index is 11.6. The predicted octanol–water partition coefficient (Wildman–Crippen LogP) is -0.215. The summed E-state index contributed by atoms with van der Waals surface area (Å²) in [6.07, 6.45) is 0.128. The molecule has 1 unspecified atom stereocenters. The molecule has 1 aromatic carbocycles. The maximum absolute atomic E-state index is 11.6. The van der Waals surface area contributed by atoms with E-state index in [0.29, 0.717) is 0 Å². The molecule has 0 saturated carbocycles.